The lowest BCUT2D eigenvalue weighted by atomic mass is 9.77. The third-order valence-corrected chi connectivity index (χ3v) is 5.43. The van der Waals surface area contributed by atoms with Crippen LogP contribution in [0.2, 0.25) is 0 Å². The first-order valence-corrected chi connectivity index (χ1v) is 7.65. The molecule has 2 N–H and O–H groups in total. The molecular formula is C15H30N2O2. The van der Waals surface area contributed by atoms with Crippen LogP contribution in [0.5, 0.6) is 0 Å². The molecule has 19 heavy (non-hydrogen) atoms. The Kier molecular flexibility index (Phi) is 4.56. The molecular weight excluding hydrogens is 240 g/mol. The van der Waals surface area contributed by atoms with Gasteiger partial charge in [0, 0.05) is 31.3 Å². The average Bonchev–Trinajstić information content (AvgIpc) is 2.84. The lowest BCUT2D eigenvalue weighted by Crippen LogP contribution is -2.63. The Morgan fingerprint density at radius 2 is 2.11 bits per heavy atom. The smallest absolute Gasteiger partial charge is 0.0703 e. The Hall–Kier alpha value is -0.160. The van der Waals surface area contributed by atoms with Crippen molar-refractivity contribution in [2.24, 2.45) is 5.73 Å². The summed E-state index contributed by atoms with van der Waals surface area (Å²) in [6, 6.07) is 0.489. The van der Waals surface area contributed by atoms with Gasteiger partial charge in [-0.15, -0.1) is 0 Å². The van der Waals surface area contributed by atoms with E-state index in [9.17, 15) is 0 Å². The highest BCUT2D eigenvalue weighted by molar-refractivity contribution is 5.02. The summed E-state index contributed by atoms with van der Waals surface area (Å²) in [6.45, 7) is 8.99. The van der Waals surface area contributed by atoms with Crippen LogP contribution in [0.3, 0.4) is 0 Å². The molecule has 2 rings (SSSR count). The molecule has 4 unspecified atom stereocenters. The van der Waals surface area contributed by atoms with Crippen LogP contribution < -0.4 is 5.73 Å². The summed E-state index contributed by atoms with van der Waals surface area (Å²) in [5.41, 5.74) is 6.22. The number of hydrogen-bond acceptors (Lipinski definition) is 4. The van der Waals surface area contributed by atoms with Crippen molar-refractivity contribution in [1.82, 2.24) is 4.90 Å². The zero-order valence-electron chi connectivity index (χ0n) is 12.9. The van der Waals surface area contributed by atoms with Gasteiger partial charge in [-0.2, -0.15) is 0 Å². The van der Waals surface area contributed by atoms with Crippen molar-refractivity contribution in [3.05, 3.63) is 0 Å². The molecule has 0 aromatic rings. The highest BCUT2D eigenvalue weighted by Gasteiger charge is 2.47. The summed E-state index contributed by atoms with van der Waals surface area (Å²) in [4.78, 5) is 2.50. The highest BCUT2D eigenvalue weighted by Crippen LogP contribution is 2.39. The van der Waals surface area contributed by atoms with Gasteiger partial charge in [0.25, 0.3) is 0 Å². The van der Waals surface area contributed by atoms with Crippen molar-refractivity contribution in [3.8, 4) is 0 Å². The molecule has 4 heteroatoms. The van der Waals surface area contributed by atoms with Crippen LogP contribution >= 0.6 is 0 Å². The number of hydrogen-bond donors (Lipinski definition) is 1. The standard InChI is InChI=1S/C15H30N2O2/c1-5-14(3)10-15(11-16,7-9-19-14)17(4)13-6-8-18-12(13)2/h12-13H,5-11,16H2,1-4H3. The van der Waals surface area contributed by atoms with E-state index in [4.69, 9.17) is 15.2 Å². The monoisotopic (exact) mass is 270 g/mol. The van der Waals surface area contributed by atoms with E-state index in [1.807, 2.05) is 0 Å². The van der Waals surface area contributed by atoms with E-state index in [0.717, 1.165) is 38.9 Å². The van der Waals surface area contributed by atoms with Gasteiger partial charge in [-0.05, 0) is 46.6 Å². The van der Waals surface area contributed by atoms with Gasteiger partial charge < -0.3 is 15.2 Å². The van der Waals surface area contributed by atoms with E-state index in [1.54, 1.807) is 0 Å². The molecule has 0 amide bonds. The molecule has 0 aromatic carbocycles. The van der Waals surface area contributed by atoms with E-state index < -0.39 is 0 Å². The van der Waals surface area contributed by atoms with E-state index in [2.05, 4.69) is 32.7 Å². The van der Waals surface area contributed by atoms with E-state index >= 15 is 0 Å². The van der Waals surface area contributed by atoms with Crippen LogP contribution in [0.15, 0.2) is 0 Å². The Bertz CT molecular complexity index is 313. The molecule has 2 aliphatic rings. The first-order valence-electron chi connectivity index (χ1n) is 7.65. The van der Waals surface area contributed by atoms with Crippen molar-refractivity contribution in [2.75, 3.05) is 26.8 Å². The van der Waals surface area contributed by atoms with Crippen molar-refractivity contribution in [1.29, 1.82) is 0 Å². The van der Waals surface area contributed by atoms with Gasteiger partial charge >= 0.3 is 0 Å². The second kappa shape index (κ2) is 5.68. The minimum Gasteiger partial charge on any atom is -0.377 e. The number of rotatable bonds is 4. The summed E-state index contributed by atoms with van der Waals surface area (Å²) in [7, 11) is 2.23. The van der Waals surface area contributed by atoms with Crippen LogP contribution in [0.1, 0.15) is 46.5 Å². The molecule has 2 heterocycles. The predicted octanol–water partition coefficient (Wildman–Crippen LogP) is 1.77. The number of nitrogens with two attached hydrogens (primary N) is 1. The fourth-order valence-electron chi connectivity index (χ4n) is 3.75. The molecule has 0 aromatic heterocycles. The maximum atomic E-state index is 6.19. The summed E-state index contributed by atoms with van der Waals surface area (Å²) >= 11 is 0. The van der Waals surface area contributed by atoms with Crippen LogP contribution in [0.4, 0.5) is 0 Å². The number of likely N-dealkylation sites (N-methyl/N-ethyl adjacent to an activating group) is 1. The third kappa shape index (κ3) is 2.82. The molecule has 112 valence electrons. The summed E-state index contributed by atoms with van der Waals surface area (Å²) in [5.74, 6) is 0. The van der Waals surface area contributed by atoms with Gasteiger partial charge in [0.15, 0.2) is 0 Å². The highest BCUT2D eigenvalue weighted by atomic mass is 16.5. The zero-order chi connectivity index (χ0) is 14.1. The first-order chi connectivity index (χ1) is 8.96. The third-order valence-electron chi connectivity index (χ3n) is 5.43. The number of ether oxygens (including phenoxy) is 2. The predicted molar refractivity (Wildman–Crippen MR) is 77.2 cm³/mol. The fourth-order valence-corrected chi connectivity index (χ4v) is 3.75. The lowest BCUT2D eigenvalue weighted by Gasteiger charge is -2.52. The molecule has 2 fully saturated rings. The minimum atomic E-state index is -0.0332. The zero-order valence-corrected chi connectivity index (χ0v) is 12.9. The molecule has 0 radical (unpaired) electrons. The largest absolute Gasteiger partial charge is 0.377 e. The van der Waals surface area contributed by atoms with Gasteiger partial charge in [0.2, 0.25) is 0 Å². The Balaban J connectivity index is 2.17. The van der Waals surface area contributed by atoms with Gasteiger partial charge in [-0.25, -0.2) is 0 Å². The first kappa shape index (κ1) is 15.2. The SMILES string of the molecule is CCC1(C)CC(CN)(N(C)C2CCOC2C)CCO1. The van der Waals surface area contributed by atoms with Crippen LogP contribution in [-0.4, -0.2) is 55.0 Å². The molecule has 4 nitrogen and oxygen atoms in total. The van der Waals surface area contributed by atoms with E-state index in [-0.39, 0.29) is 11.1 Å². The molecule has 0 saturated carbocycles. The Labute approximate surface area is 117 Å². The topological polar surface area (TPSA) is 47.7 Å². The van der Waals surface area contributed by atoms with Crippen molar-refractivity contribution in [3.63, 3.8) is 0 Å². The molecule has 0 spiro atoms. The van der Waals surface area contributed by atoms with Gasteiger partial charge in [0.1, 0.15) is 0 Å². The second-order valence-corrected chi connectivity index (χ2v) is 6.55. The average molecular weight is 270 g/mol. The lowest BCUT2D eigenvalue weighted by molar-refractivity contribution is -0.134. The normalized spacial score (nSPS) is 43.9. The van der Waals surface area contributed by atoms with Crippen molar-refractivity contribution in [2.45, 2.75) is 69.7 Å². The minimum absolute atomic E-state index is 0.0332. The maximum absolute atomic E-state index is 6.19. The maximum Gasteiger partial charge on any atom is 0.0703 e. The summed E-state index contributed by atoms with van der Waals surface area (Å²) < 4.78 is 11.7. The Morgan fingerprint density at radius 3 is 2.63 bits per heavy atom. The molecule has 2 saturated heterocycles. The van der Waals surface area contributed by atoms with Crippen molar-refractivity contribution >= 4 is 0 Å². The quantitative estimate of drug-likeness (QED) is 0.846. The van der Waals surface area contributed by atoms with Crippen molar-refractivity contribution < 1.29 is 9.47 Å². The number of nitrogens with zero attached hydrogens (tertiary/aromatic N) is 1. The van der Waals surface area contributed by atoms with E-state index in [0.29, 0.717) is 18.7 Å². The molecule has 0 aliphatic carbocycles. The van der Waals surface area contributed by atoms with Gasteiger partial charge in [-0.1, -0.05) is 6.92 Å². The molecule has 4 atom stereocenters. The molecule has 2 aliphatic heterocycles. The second-order valence-electron chi connectivity index (χ2n) is 6.55. The molecule has 0 bridgehead atoms. The van der Waals surface area contributed by atoms with Gasteiger partial charge in [-0.3, -0.25) is 4.90 Å². The Morgan fingerprint density at radius 1 is 1.37 bits per heavy atom. The van der Waals surface area contributed by atoms with Crippen LogP contribution in [0, 0.1) is 0 Å². The fraction of sp³-hybridized carbons (Fsp3) is 1.00. The summed E-state index contributed by atoms with van der Waals surface area (Å²) in [5, 5.41) is 0. The van der Waals surface area contributed by atoms with Gasteiger partial charge in [0.05, 0.1) is 11.7 Å². The van der Waals surface area contributed by atoms with E-state index in [1.165, 1.54) is 0 Å². The summed E-state index contributed by atoms with van der Waals surface area (Å²) in [6.07, 6.45) is 4.51. The van der Waals surface area contributed by atoms with Crippen LogP contribution in [0.25, 0.3) is 0 Å². The van der Waals surface area contributed by atoms with Crippen LogP contribution in [-0.2, 0) is 9.47 Å².